The standard InChI is InChI=1S/C16H17FN4O2/c17-13-8-11(21-16(22)15-10-18-5-6-19-15)3-4-14(13)20-9-12-2-1-7-23-12/h3-6,8,10,12,20H,1-2,7,9H2,(H,21,22). The van der Waals surface area contributed by atoms with E-state index in [1.54, 1.807) is 12.1 Å². The average Bonchev–Trinajstić information content (AvgIpc) is 3.08. The number of hydrogen-bond donors (Lipinski definition) is 2. The van der Waals surface area contributed by atoms with Crippen LogP contribution in [0.1, 0.15) is 23.3 Å². The van der Waals surface area contributed by atoms with Crippen molar-refractivity contribution in [3.05, 3.63) is 48.3 Å². The summed E-state index contributed by atoms with van der Waals surface area (Å²) >= 11 is 0. The zero-order valence-corrected chi connectivity index (χ0v) is 12.5. The molecule has 0 radical (unpaired) electrons. The van der Waals surface area contributed by atoms with Crippen LogP contribution in [0.15, 0.2) is 36.8 Å². The van der Waals surface area contributed by atoms with Crippen molar-refractivity contribution < 1.29 is 13.9 Å². The van der Waals surface area contributed by atoms with E-state index in [0.29, 0.717) is 17.9 Å². The van der Waals surface area contributed by atoms with E-state index in [1.165, 1.54) is 24.7 Å². The van der Waals surface area contributed by atoms with Gasteiger partial charge in [0.25, 0.3) is 5.91 Å². The highest BCUT2D eigenvalue weighted by Crippen LogP contribution is 2.20. The van der Waals surface area contributed by atoms with Crippen molar-refractivity contribution in [2.75, 3.05) is 23.8 Å². The van der Waals surface area contributed by atoms with Gasteiger partial charge in [-0.25, -0.2) is 9.37 Å². The van der Waals surface area contributed by atoms with Gasteiger partial charge in [-0.2, -0.15) is 0 Å². The third-order valence-electron chi connectivity index (χ3n) is 3.57. The lowest BCUT2D eigenvalue weighted by molar-refractivity contribution is 0.102. The van der Waals surface area contributed by atoms with Gasteiger partial charge in [-0.1, -0.05) is 0 Å². The highest BCUT2D eigenvalue weighted by molar-refractivity contribution is 6.02. The van der Waals surface area contributed by atoms with Gasteiger partial charge in [0.1, 0.15) is 11.5 Å². The Labute approximate surface area is 133 Å². The third kappa shape index (κ3) is 4.01. The number of carbonyl (C=O) groups is 1. The number of carbonyl (C=O) groups excluding carboxylic acids is 1. The molecule has 0 saturated carbocycles. The minimum Gasteiger partial charge on any atom is -0.380 e. The van der Waals surface area contributed by atoms with Crippen molar-refractivity contribution in [2.24, 2.45) is 0 Å². The van der Waals surface area contributed by atoms with Crippen LogP contribution >= 0.6 is 0 Å². The first-order valence-corrected chi connectivity index (χ1v) is 7.45. The number of benzene rings is 1. The lowest BCUT2D eigenvalue weighted by Crippen LogP contribution is -2.19. The third-order valence-corrected chi connectivity index (χ3v) is 3.57. The molecule has 6 nitrogen and oxygen atoms in total. The van der Waals surface area contributed by atoms with E-state index in [9.17, 15) is 9.18 Å². The monoisotopic (exact) mass is 316 g/mol. The van der Waals surface area contributed by atoms with Gasteiger partial charge in [-0.05, 0) is 31.0 Å². The normalized spacial score (nSPS) is 17.0. The molecule has 0 spiro atoms. The highest BCUT2D eigenvalue weighted by atomic mass is 19.1. The molecule has 23 heavy (non-hydrogen) atoms. The summed E-state index contributed by atoms with van der Waals surface area (Å²) in [6, 6.07) is 4.50. The second-order valence-electron chi connectivity index (χ2n) is 5.26. The molecule has 1 atom stereocenters. The summed E-state index contributed by atoms with van der Waals surface area (Å²) in [6.45, 7) is 1.34. The minimum atomic E-state index is -0.433. The molecule has 1 unspecified atom stereocenters. The maximum atomic E-state index is 14.1. The first-order chi connectivity index (χ1) is 11.2. The maximum absolute atomic E-state index is 14.1. The van der Waals surface area contributed by atoms with E-state index >= 15 is 0 Å². The molecule has 1 fully saturated rings. The van der Waals surface area contributed by atoms with Gasteiger partial charge >= 0.3 is 0 Å². The Balaban J connectivity index is 1.61. The van der Waals surface area contributed by atoms with Crippen molar-refractivity contribution in [1.29, 1.82) is 0 Å². The first-order valence-electron chi connectivity index (χ1n) is 7.45. The topological polar surface area (TPSA) is 76.1 Å². The molecular formula is C16H17FN4O2. The van der Waals surface area contributed by atoms with Gasteiger partial charge in [-0.3, -0.25) is 9.78 Å². The number of aromatic nitrogens is 2. The Morgan fingerprint density at radius 2 is 2.30 bits per heavy atom. The minimum absolute atomic E-state index is 0.130. The predicted octanol–water partition coefficient (Wildman–Crippen LogP) is 2.46. The lowest BCUT2D eigenvalue weighted by atomic mass is 10.2. The van der Waals surface area contributed by atoms with Crippen molar-refractivity contribution in [2.45, 2.75) is 18.9 Å². The first kappa shape index (κ1) is 15.4. The highest BCUT2D eigenvalue weighted by Gasteiger charge is 2.16. The maximum Gasteiger partial charge on any atom is 0.275 e. The van der Waals surface area contributed by atoms with Crippen molar-refractivity contribution in [1.82, 2.24) is 9.97 Å². The van der Waals surface area contributed by atoms with Crippen LogP contribution in [0, 0.1) is 5.82 Å². The molecule has 1 aliphatic heterocycles. The number of halogens is 1. The molecular weight excluding hydrogens is 299 g/mol. The SMILES string of the molecule is O=C(Nc1ccc(NCC2CCCO2)c(F)c1)c1cnccn1. The van der Waals surface area contributed by atoms with Crippen LogP contribution in [-0.4, -0.2) is 35.1 Å². The largest absolute Gasteiger partial charge is 0.380 e. The van der Waals surface area contributed by atoms with E-state index in [2.05, 4.69) is 20.6 Å². The molecule has 1 aromatic heterocycles. The molecule has 1 saturated heterocycles. The number of nitrogens with zero attached hydrogens (tertiary/aromatic N) is 2. The Morgan fingerprint density at radius 1 is 1.39 bits per heavy atom. The number of nitrogens with one attached hydrogen (secondary N) is 2. The quantitative estimate of drug-likeness (QED) is 0.886. The molecule has 2 aromatic rings. The van der Waals surface area contributed by atoms with E-state index in [0.717, 1.165) is 19.4 Å². The number of hydrogen-bond acceptors (Lipinski definition) is 5. The van der Waals surface area contributed by atoms with Crippen molar-refractivity contribution in [3.63, 3.8) is 0 Å². The summed E-state index contributed by atoms with van der Waals surface area (Å²) in [7, 11) is 0. The lowest BCUT2D eigenvalue weighted by Gasteiger charge is -2.13. The Hall–Kier alpha value is -2.54. The van der Waals surface area contributed by atoms with Crippen LogP contribution in [0.3, 0.4) is 0 Å². The molecule has 0 aliphatic carbocycles. The number of rotatable bonds is 5. The molecule has 3 rings (SSSR count). The molecule has 1 amide bonds. The summed E-state index contributed by atoms with van der Waals surface area (Å²) in [5.74, 6) is -0.863. The molecule has 1 aromatic carbocycles. The fraction of sp³-hybridized carbons (Fsp3) is 0.312. The summed E-state index contributed by atoms with van der Waals surface area (Å²) in [5, 5.41) is 5.62. The summed E-state index contributed by atoms with van der Waals surface area (Å²) in [5.41, 5.74) is 0.923. The van der Waals surface area contributed by atoms with Gasteiger partial charge in [0, 0.05) is 31.2 Å². The van der Waals surface area contributed by atoms with Gasteiger partial charge < -0.3 is 15.4 Å². The molecule has 120 valence electrons. The second-order valence-corrected chi connectivity index (χ2v) is 5.26. The molecule has 0 bridgehead atoms. The Bertz CT molecular complexity index is 675. The molecule has 7 heteroatoms. The smallest absolute Gasteiger partial charge is 0.275 e. The van der Waals surface area contributed by atoms with Crippen LogP contribution in [0.4, 0.5) is 15.8 Å². The average molecular weight is 316 g/mol. The number of ether oxygens (including phenoxy) is 1. The zero-order chi connectivity index (χ0) is 16.1. The zero-order valence-electron chi connectivity index (χ0n) is 12.5. The number of anilines is 2. The van der Waals surface area contributed by atoms with Crippen LogP contribution in [-0.2, 0) is 4.74 Å². The van der Waals surface area contributed by atoms with Gasteiger partial charge in [0.15, 0.2) is 0 Å². The summed E-state index contributed by atoms with van der Waals surface area (Å²) in [6.07, 6.45) is 6.41. The van der Waals surface area contributed by atoms with Crippen LogP contribution in [0.25, 0.3) is 0 Å². The van der Waals surface area contributed by atoms with Crippen molar-refractivity contribution in [3.8, 4) is 0 Å². The van der Waals surface area contributed by atoms with E-state index in [1.807, 2.05) is 0 Å². The predicted molar refractivity (Wildman–Crippen MR) is 83.8 cm³/mol. The van der Waals surface area contributed by atoms with Crippen LogP contribution in [0.2, 0.25) is 0 Å². The molecule has 1 aliphatic rings. The number of amides is 1. The Morgan fingerprint density at radius 3 is 3.00 bits per heavy atom. The summed E-state index contributed by atoms with van der Waals surface area (Å²) in [4.78, 5) is 19.7. The molecule has 2 heterocycles. The van der Waals surface area contributed by atoms with E-state index in [-0.39, 0.29) is 11.8 Å². The summed E-state index contributed by atoms with van der Waals surface area (Å²) < 4.78 is 19.6. The van der Waals surface area contributed by atoms with Crippen LogP contribution < -0.4 is 10.6 Å². The fourth-order valence-electron chi connectivity index (χ4n) is 2.38. The Kier molecular flexibility index (Phi) is 4.77. The van der Waals surface area contributed by atoms with Crippen LogP contribution in [0.5, 0.6) is 0 Å². The molecule has 2 N–H and O–H groups in total. The van der Waals surface area contributed by atoms with Gasteiger partial charge in [-0.15, -0.1) is 0 Å². The fourth-order valence-corrected chi connectivity index (χ4v) is 2.38. The van der Waals surface area contributed by atoms with E-state index in [4.69, 9.17) is 4.74 Å². The van der Waals surface area contributed by atoms with Gasteiger partial charge in [0.2, 0.25) is 0 Å². The van der Waals surface area contributed by atoms with E-state index < -0.39 is 11.7 Å². The van der Waals surface area contributed by atoms with Gasteiger partial charge in [0.05, 0.1) is 18.0 Å². The van der Waals surface area contributed by atoms with Crippen molar-refractivity contribution >= 4 is 17.3 Å². The second kappa shape index (κ2) is 7.15.